The summed E-state index contributed by atoms with van der Waals surface area (Å²) < 4.78 is 5.42. The van der Waals surface area contributed by atoms with Crippen molar-refractivity contribution in [2.24, 2.45) is 5.92 Å². The third-order valence-electron chi connectivity index (χ3n) is 5.23. The second-order valence-corrected chi connectivity index (χ2v) is 8.47. The maximum atomic E-state index is 12.5. The number of hydrogen-bond donors (Lipinski definition) is 2. The van der Waals surface area contributed by atoms with Crippen LogP contribution in [0.4, 0.5) is 5.00 Å². The van der Waals surface area contributed by atoms with Crippen molar-refractivity contribution < 1.29 is 9.53 Å². The SMILES string of the molecule is Cc1ncc(NC(=O)c2cccc(C3CC3NCC3CCOCC3)c2)s1.Cl.Cl. The molecule has 8 heteroatoms. The first-order valence-corrected chi connectivity index (χ1v) is 10.2. The number of nitrogens with zero attached hydrogens (tertiary/aromatic N) is 1. The molecule has 28 heavy (non-hydrogen) atoms. The number of aromatic nitrogens is 1. The zero-order valence-electron chi connectivity index (χ0n) is 15.8. The number of rotatable bonds is 6. The van der Waals surface area contributed by atoms with E-state index in [0.29, 0.717) is 17.5 Å². The predicted octanol–water partition coefficient (Wildman–Crippen LogP) is 4.42. The number of carbonyl (C=O) groups is 1. The van der Waals surface area contributed by atoms with Gasteiger partial charge >= 0.3 is 0 Å². The maximum Gasteiger partial charge on any atom is 0.256 e. The molecule has 1 aromatic carbocycles. The summed E-state index contributed by atoms with van der Waals surface area (Å²) in [5.41, 5.74) is 1.96. The van der Waals surface area contributed by atoms with Crippen LogP contribution in [-0.4, -0.2) is 36.7 Å². The number of ether oxygens (including phenoxy) is 1. The number of carbonyl (C=O) groups excluding carboxylic acids is 1. The molecule has 2 fully saturated rings. The van der Waals surface area contributed by atoms with Crippen molar-refractivity contribution in [2.45, 2.75) is 38.1 Å². The highest BCUT2D eigenvalue weighted by atomic mass is 35.5. The molecule has 5 nitrogen and oxygen atoms in total. The van der Waals surface area contributed by atoms with E-state index in [4.69, 9.17) is 4.74 Å². The fourth-order valence-electron chi connectivity index (χ4n) is 3.57. The van der Waals surface area contributed by atoms with Crippen LogP contribution in [0, 0.1) is 12.8 Å². The summed E-state index contributed by atoms with van der Waals surface area (Å²) in [6, 6.07) is 8.56. The highest BCUT2D eigenvalue weighted by Gasteiger charge is 2.38. The Morgan fingerprint density at radius 1 is 1.29 bits per heavy atom. The second kappa shape index (κ2) is 10.6. The Bertz CT molecular complexity index is 780. The van der Waals surface area contributed by atoms with Crippen molar-refractivity contribution in [1.29, 1.82) is 0 Å². The number of aryl methyl sites for hydroxylation is 1. The number of thiazole rings is 1. The van der Waals surface area contributed by atoms with Crippen LogP contribution in [0.15, 0.2) is 30.5 Å². The number of anilines is 1. The zero-order chi connectivity index (χ0) is 17.9. The van der Waals surface area contributed by atoms with Crippen LogP contribution in [0.2, 0.25) is 0 Å². The van der Waals surface area contributed by atoms with Crippen molar-refractivity contribution in [3.05, 3.63) is 46.6 Å². The Morgan fingerprint density at radius 3 is 2.79 bits per heavy atom. The average molecular weight is 444 g/mol. The molecule has 2 unspecified atom stereocenters. The van der Waals surface area contributed by atoms with Crippen LogP contribution >= 0.6 is 36.2 Å². The number of benzene rings is 1. The van der Waals surface area contributed by atoms with E-state index in [9.17, 15) is 4.79 Å². The molecule has 1 aromatic heterocycles. The smallest absolute Gasteiger partial charge is 0.256 e. The minimum atomic E-state index is -0.0668. The van der Waals surface area contributed by atoms with Crippen LogP contribution < -0.4 is 10.6 Å². The first-order chi connectivity index (χ1) is 12.7. The monoisotopic (exact) mass is 443 g/mol. The minimum Gasteiger partial charge on any atom is -0.381 e. The topological polar surface area (TPSA) is 63.2 Å². The summed E-state index contributed by atoms with van der Waals surface area (Å²) in [6.45, 7) is 4.81. The summed E-state index contributed by atoms with van der Waals surface area (Å²) in [5.74, 6) is 1.20. The van der Waals surface area contributed by atoms with Crippen molar-refractivity contribution >= 4 is 47.1 Å². The van der Waals surface area contributed by atoms with Crippen LogP contribution in [0.3, 0.4) is 0 Å². The van der Waals surface area contributed by atoms with Crippen LogP contribution in [0.1, 0.15) is 46.1 Å². The quantitative estimate of drug-likeness (QED) is 0.693. The molecular formula is C20H27Cl2N3O2S. The van der Waals surface area contributed by atoms with E-state index in [1.165, 1.54) is 16.9 Å². The number of halogens is 2. The van der Waals surface area contributed by atoms with Gasteiger partial charge in [0, 0.05) is 30.7 Å². The van der Waals surface area contributed by atoms with Gasteiger partial charge in [-0.25, -0.2) is 4.98 Å². The third kappa shape index (κ3) is 5.91. The zero-order valence-corrected chi connectivity index (χ0v) is 18.3. The highest BCUT2D eigenvalue weighted by Crippen LogP contribution is 2.41. The molecule has 0 radical (unpaired) electrons. The average Bonchev–Trinajstić information content (AvgIpc) is 3.34. The fraction of sp³-hybridized carbons (Fsp3) is 0.500. The van der Waals surface area contributed by atoms with Crippen molar-refractivity contribution in [3.63, 3.8) is 0 Å². The van der Waals surface area contributed by atoms with Gasteiger partial charge in [0.25, 0.3) is 5.91 Å². The van der Waals surface area contributed by atoms with Crippen molar-refractivity contribution in [3.8, 4) is 0 Å². The highest BCUT2D eigenvalue weighted by molar-refractivity contribution is 7.15. The molecule has 1 saturated carbocycles. The molecular weight excluding hydrogens is 417 g/mol. The maximum absolute atomic E-state index is 12.5. The molecule has 1 saturated heterocycles. The number of nitrogens with one attached hydrogen (secondary N) is 2. The Labute approximate surface area is 182 Å². The molecule has 2 aromatic rings. The van der Waals surface area contributed by atoms with E-state index in [-0.39, 0.29) is 30.7 Å². The summed E-state index contributed by atoms with van der Waals surface area (Å²) in [5, 5.41) is 8.38. The molecule has 2 aliphatic rings. The lowest BCUT2D eigenvalue weighted by Crippen LogP contribution is -2.29. The van der Waals surface area contributed by atoms with E-state index < -0.39 is 0 Å². The molecule has 2 atom stereocenters. The lowest BCUT2D eigenvalue weighted by atomic mass is 10.0. The predicted molar refractivity (Wildman–Crippen MR) is 118 cm³/mol. The lowest BCUT2D eigenvalue weighted by Gasteiger charge is -2.22. The van der Waals surface area contributed by atoms with Crippen LogP contribution in [0.5, 0.6) is 0 Å². The van der Waals surface area contributed by atoms with Gasteiger partial charge in [-0.2, -0.15) is 0 Å². The van der Waals surface area contributed by atoms with E-state index >= 15 is 0 Å². The molecule has 1 aliphatic heterocycles. The molecule has 4 rings (SSSR count). The van der Waals surface area contributed by atoms with Gasteiger partial charge in [-0.05, 0) is 56.3 Å². The van der Waals surface area contributed by atoms with Crippen LogP contribution in [0.25, 0.3) is 0 Å². The number of hydrogen-bond acceptors (Lipinski definition) is 5. The van der Waals surface area contributed by atoms with Gasteiger partial charge in [-0.15, -0.1) is 36.2 Å². The van der Waals surface area contributed by atoms with Crippen LogP contribution in [-0.2, 0) is 4.74 Å². The number of amides is 1. The third-order valence-corrected chi connectivity index (χ3v) is 6.06. The fourth-order valence-corrected chi connectivity index (χ4v) is 4.24. The molecule has 2 heterocycles. The first kappa shape index (κ1) is 23.1. The first-order valence-electron chi connectivity index (χ1n) is 9.34. The summed E-state index contributed by atoms with van der Waals surface area (Å²) in [7, 11) is 0. The molecule has 154 valence electrons. The van der Waals surface area contributed by atoms with Crippen molar-refractivity contribution in [1.82, 2.24) is 10.3 Å². The summed E-state index contributed by atoms with van der Waals surface area (Å²) >= 11 is 1.49. The van der Waals surface area contributed by atoms with E-state index in [0.717, 1.165) is 54.9 Å². The van der Waals surface area contributed by atoms with Gasteiger partial charge in [0.05, 0.1) is 11.2 Å². The van der Waals surface area contributed by atoms with E-state index in [1.54, 1.807) is 6.20 Å². The molecule has 0 spiro atoms. The lowest BCUT2D eigenvalue weighted by molar-refractivity contribution is 0.0662. The second-order valence-electron chi connectivity index (χ2n) is 7.24. The van der Waals surface area contributed by atoms with E-state index in [1.807, 2.05) is 25.1 Å². The van der Waals surface area contributed by atoms with Gasteiger partial charge in [0.1, 0.15) is 5.00 Å². The normalized spacial score (nSPS) is 21.3. The molecule has 1 aliphatic carbocycles. The van der Waals surface area contributed by atoms with Gasteiger partial charge in [-0.1, -0.05) is 12.1 Å². The van der Waals surface area contributed by atoms with Gasteiger partial charge < -0.3 is 15.4 Å². The van der Waals surface area contributed by atoms with Gasteiger partial charge in [-0.3, -0.25) is 4.79 Å². The Morgan fingerprint density at radius 2 is 2.07 bits per heavy atom. The molecule has 1 amide bonds. The Hall–Kier alpha value is -1.18. The van der Waals surface area contributed by atoms with Crippen molar-refractivity contribution in [2.75, 3.05) is 25.1 Å². The standard InChI is InChI=1S/C20H25N3O2S.2ClH/c1-13-21-12-19(26-13)23-20(24)16-4-2-3-15(9-16)17-10-18(17)22-11-14-5-7-25-8-6-14;;/h2-4,9,12,14,17-18,22H,5-8,10-11H2,1H3,(H,23,24);2*1H. The Balaban J connectivity index is 0.00000140. The van der Waals surface area contributed by atoms with Gasteiger partial charge in [0.15, 0.2) is 0 Å². The minimum absolute atomic E-state index is 0. The largest absolute Gasteiger partial charge is 0.381 e. The summed E-state index contributed by atoms with van der Waals surface area (Å²) in [4.78, 5) is 16.6. The van der Waals surface area contributed by atoms with Gasteiger partial charge in [0.2, 0.25) is 0 Å². The molecule has 0 bridgehead atoms. The Kier molecular flexibility index (Phi) is 8.71. The molecule has 2 N–H and O–H groups in total. The summed E-state index contributed by atoms with van der Waals surface area (Å²) in [6.07, 6.45) is 5.19. The van der Waals surface area contributed by atoms with E-state index in [2.05, 4.69) is 21.7 Å².